The number of carbonyl (C=O) groups excluding carboxylic acids is 2. The number of benzene rings is 2. The van der Waals surface area contributed by atoms with Crippen LogP contribution in [-0.2, 0) is 11.2 Å². The summed E-state index contributed by atoms with van der Waals surface area (Å²) in [4.78, 5) is 30.5. The summed E-state index contributed by atoms with van der Waals surface area (Å²) >= 11 is 0. The number of hydrogen-bond donors (Lipinski definition) is 2. The number of aromatic amines is 1. The summed E-state index contributed by atoms with van der Waals surface area (Å²) in [7, 11) is 0. The molecule has 25 heavy (non-hydrogen) atoms. The number of nitrogens with zero attached hydrogens (tertiary/aromatic N) is 1. The quantitative estimate of drug-likeness (QED) is 0.489. The molecule has 0 aliphatic rings. The topological polar surface area (TPSA) is 84.1 Å². The Kier molecular flexibility index (Phi) is 5.41. The van der Waals surface area contributed by atoms with Gasteiger partial charge in [0.2, 0.25) is 0 Å². The van der Waals surface area contributed by atoms with Crippen LogP contribution >= 0.6 is 0 Å². The van der Waals surface area contributed by atoms with Crippen molar-refractivity contribution in [1.29, 1.82) is 0 Å². The second-order valence-electron chi connectivity index (χ2n) is 5.60. The van der Waals surface area contributed by atoms with Crippen molar-refractivity contribution in [3.63, 3.8) is 0 Å². The highest BCUT2D eigenvalue weighted by molar-refractivity contribution is 5.80. The Morgan fingerprint density at radius 2 is 1.96 bits per heavy atom. The molecule has 6 nitrogen and oxygen atoms in total. The van der Waals surface area contributed by atoms with Crippen molar-refractivity contribution in [3.8, 4) is 5.75 Å². The second kappa shape index (κ2) is 8.10. The Hall–Kier alpha value is -3.15. The van der Waals surface area contributed by atoms with Gasteiger partial charge in [0, 0.05) is 13.0 Å². The van der Waals surface area contributed by atoms with Crippen molar-refractivity contribution in [2.24, 2.45) is 0 Å². The Morgan fingerprint density at radius 3 is 2.80 bits per heavy atom. The largest absolute Gasteiger partial charge is 0.483 e. The van der Waals surface area contributed by atoms with Gasteiger partial charge in [0.05, 0.1) is 16.6 Å². The van der Waals surface area contributed by atoms with Gasteiger partial charge >= 0.3 is 0 Å². The number of fused-ring (bicyclic) bond motifs is 1. The molecule has 1 aromatic heterocycles. The van der Waals surface area contributed by atoms with Crippen LogP contribution in [0.25, 0.3) is 11.0 Å². The van der Waals surface area contributed by atoms with E-state index < -0.39 is 0 Å². The van der Waals surface area contributed by atoms with Gasteiger partial charge in [0.1, 0.15) is 11.6 Å². The van der Waals surface area contributed by atoms with E-state index in [0.29, 0.717) is 24.1 Å². The summed E-state index contributed by atoms with van der Waals surface area (Å²) in [6.07, 6.45) is 2.24. The Balaban J connectivity index is 1.40. The highest BCUT2D eigenvalue weighted by Crippen LogP contribution is 2.15. The molecule has 0 unspecified atom stereocenters. The summed E-state index contributed by atoms with van der Waals surface area (Å²) in [5.74, 6) is 1.10. The van der Waals surface area contributed by atoms with Crippen LogP contribution in [0.15, 0.2) is 48.5 Å². The van der Waals surface area contributed by atoms with Crippen LogP contribution in [0.4, 0.5) is 0 Å². The average molecular weight is 337 g/mol. The van der Waals surface area contributed by atoms with E-state index in [9.17, 15) is 9.59 Å². The van der Waals surface area contributed by atoms with Crippen molar-refractivity contribution in [1.82, 2.24) is 15.3 Å². The smallest absolute Gasteiger partial charge is 0.257 e. The number of nitrogens with one attached hydrogen (secondary N) is 2. The molecule has 0 atom stereocenters. The van der Waals surface area contributed by atoms with Gasteiger partial charge < -0.3 is 15.0 Å². The summed E-state index contributed by atoms with van der Waals surface area (Å²) in [6.45, 7) is 0.421. The third-order valence-corrected chi connectivity index (χ3v) is 3.76. The number of amides is 1. The lowest BCUT2D eigenvalue weighted by molar-refractivity contribution is -0.123. The minimum atomic E-state index is -0.217. The lowest BCUT2D eigenvalue weighted by Gasteiger charge is -2.08. The normalized spacial score (nSPS) is 10.6. The number of imidazole rings is 1. The van der Waals surface area contributed by atoms with Gasteiger partial charge in [-0.05, 0) is 30.7 Å². The van der Waals surface area contributed by atoms with Crippen LogP contribution in [0.3, 0.4) is 0 Å². The number of para-hydroxylation sites is 3. The molecule has 128 valence electrons. The number of aldehydes is 1. The maximum Gasteiger partial charge on any atom is 0.257 e. The summed E-state index contributed by atoms with van der Waals surface area (Å²) in [6, 6.07) is 14.7. The molecule has 0 spiro atoms. The van der Waals surface area contributed by atoms with Crippen LogP contribution in [0.1, 0.15) is 22.6 Å². The monoisotopic (exact) mass is 337 g/mol. The van der Waals surface area contributed by atoms with Crippen molar-refractivity contribution in [2.75, 3.05) is 13.2 Å². The van der Waals surface area contributed by atoms with Crippen molar-refractivity contribution < 1.29 is 14.3 Å². The fourth-order valence-corrected chi connectivity index (χ4v) is 2.51. The predicted octanol–water partition coefficient (Wildman–Crippen LogP) is 2.50. The number of aryl methyl sites for hydroxylation is 1. The number of rotatable bonds is 8. The van der Waals surface area contributed by atoms with E-state index >= 15 is 0 Å². The molecule has 3 rings (SSSR count). The molecule has 0 aliphatic carbocycles. The minimum Gasteiger partial charge on any atom is -0.483 e. The molecule has 2 aromatic carbocycles. The molecule has 1 heterocycles. The first-order chi connectivity index (χ1) is 12.3. The van der Waals surface area contributed by atoms with Gasteiger partial charge in [-0.3, -0.25) is 9.59 Å². The predicted molar refractivity (Wildman–Crippen MR) is 94.7 cm³/mol. The fraction of sp³-hybridized carbons (Fsp3) is 0.211. The van der Waals surface area contributed by atoms with Crippen molar-refractivity contribution >= 4 is 23.2 Å². The highest BCUT2D eigenvalue weighted by atomic mass is 16.5. The first-order valence-electron chi connectivity index (χ1n) is 8.13. The Morgan fingerprint density at radius 1 is 1.16 bits per heavy atom. The van der Waals surface area contributed by atoms with Crippen molar-refractivity contribution in [2.45, 2.75) is 12.8 Å². The first kappa shape index (κ1) is 16.7. The summed E-state index contributed by atoms with van der Waals surface area (Å²) in [5, 5.41) is 2.80. The standard InChI is InChI=1S/C19H19N3O3/c23-12-14-6-1-4-9-17(14)25-13-19(24)20-11-5-10-18-21-15-7-2-3-8-16(15)22-18/h1-4,6-9,12H,5,10-11,13H2,(H,20,24)(H,21,22). The van der Waals surface area contributed by atoms with E-state index in [4.69, 9.17) is 4.74 Å². The number of carbonyl (C=O) groups is 2. The van der Waals surface area contributed by atoms with Crippen molar-refractivity contribution in [3.05, 3.63) is 59.9 Å². The summed E-state index contributed by atoms with van der Waals surface area (Å²) < 4.78 is 5.38. The third kappa shape index (κ3) is 4.44. The van der Waals surface area contributed by atoms with Crippen LogP contribution in [-0.4, -0.2) is 35.3 Å². The van der Waals surface area contributed by atoms with Gasteiger partial charge in [-0.1, -0.05) is 24.3 Å². The molecule has 0 saturated carbocycles. The first-order valence-corrected chi connectivity index (χ1v) is 8.13. The van der Waals surface area contributed by atoms with E-state index in [0.717, 1.165) is 29.7 Å². The van der Waals surface area contributed by atoms with E-state index in [1.807, 2.05) is 24.3 Å². The molecular formula is C19H19N3O3. The Labute approximate surface area is 145 Å². The van der Waals surface area contributed by atoms with E-state index in [1.165, 1.54) is 0 Å². The number of ether oxygens (including phenoxy) is 1. The lowest BCUT2D eigenvalue weighted by atomic mass is 10.2. The van der Waals surface area contributed by atoms with Crippen LogP contribution in [0, 0.1) is 0 Å². The minimum absolute atomic E-state index is 0.116. The molecular weight excluding hydrogens is 318 g/mol. The van der Waals surface area contributed by atoms with Crippen LogP contribution in [0.5, 0.6) is 5.75 Å². The van der Waals surface area contributed by atoms with Crippen LogP contribution in [0.2, 0.25) is 0 Å². The lowest BCUT2D eigenvalue weighted by Crippen LogP contribution is -2.30. The SMILES string of the molecule is O=Cc1ccccc1OCC(=O)NCCCc1nc2ccccc2[nH]1. The number of aromatic nitrogens is 2. The molecule has 0 aliphatic heterocycles. The maximum absolute atomic E-state index is 11.8. The van der Waals surface area contributed by atoms with E-state index in [2.05, 4.69) is 15.3 Å². The maximum atomic E-state index is 11.8. The summed E-state index contributed by atoms with van der Waals surface area (Å²) in [5.41, 5.74) is 2.40. The zero-order valence-corrected chi connectivity index (χ0v) is 13.7. The molecule has 0 bridgehead atoms. The van der Waals surface area contributed by atoms with E-state index in [-0.39, 0.29) is 12.5 Å². The molecule has 0 fully saturated rings. The molecule has 0 saturated heterocycles. The van der Waals surface area contributed by atoms with Gasteiger partial charge in [0.15, 0.2) is 12.9 Å². The van der Waals surface area contributed by atoms with Crippen LogP contribution < -0.4 is 10.1 Å². The Bertz CT molecular complexity index is 840. The molecule has 0 radical (unpaired) electrons. The average Bonchev–Trinajstić information content (AvgIpc) is 3.06. The van der Waals surface area contributed by atoms with Gasteiger partial charge in [-0.2, -0.15) is 0 Å². The zero-order chi connectivity index (χ0) is 17.5. The molecule has 2 N–H and O–H groups in total. The second-order valence-corrected chi connectivity index (χ2v) is 5.60. The zero-order valence-electron chi connectivity index (χ0n) is 13.7. The fourth-order valence-electron chi connectivity index (χ4n) is 2.51. The van der Waals surface area contributed by atoms with Gasteiger partial charge in [0.25, 0.3) is 5.91 Å². The highest BCUT2D eigenvalue weighted by Gasteiger charge is 2.06. The van der Waals surface area contributed by atoms with E-state index in [1.54, 1.807) is 24.3 Å². The molecule has 1 amide bonds. The third-order valence-electron chi connectivity index (χ3n) is 3.76. The number of hydrogen-bond acceptors (Lipinski definition) is 4. The molecule has 3 aromatic rings. The molecule has 6 heteroatoms. The van der Waals surface area contributed by atoms with Gasteiger partial charge in [-0.15, -0.1) is 0 Å². The van der Waals surface area contributed by atoms with Gasteiger partial charge in [-0.25, -0.2) is 4.98 Å². The number of H-pyrrole nitrogens is 1.